The topological polar surface area (TPSA) is 71.5 Å². The van der Waals surface area contributed by atoms with Crippen LogP contribution in [0, 0.1) is 11.7 Å². The third-order valence-electron chi connectivity index (χ3n) is 8.76. The number of ether oxygens (including phenoxy) is 1. The average molecular weight is 509 g/mol. The van der Waals surface area contributed by atoms with Gasteiger partial charge in [-0.2, -0.15) is 0 Å². The number of hydrogen-bond donors (Lipinski definition) is 2. The fraction of sp³-hybridized carbons (Fsp3) is 0.613. The molecule has 1 aromatic carbocycles. The van der Waals surface area contributed by atoms with Crippen LogP contribution in [0.5, 0.6) is 0 Å². The summed E-state index contributed by atoms with van der Waals surface area (Å²) < 4.78 is 20.7. The van der Waals surface area contributed by atoms with Gasteiger partial charge in [0.2, 0.25) is 0 Å². The summed E-state index contributed by atoms with van der Waals surface area (Å²) in [7, 11) is 0. The van der Waals surface area contributed by atoms with E-state index in [1.165, 1.54) is 23.7 Å². The first-order chi connectivity index (χ1) is 17.9. The summed E-state index contributed by atoms with van der Waals surface area (Å²) in [6.45, 7) is 3.86. The van der Waals surface area contributed by atoms with Crippen LogP contribution >= 0.6 is 0 Å². The number of hydrogen-bond acceptors (Lipinski definition) is 4. The Hall–Kier alpha value is -2.47. The molecule has 1 unspecified atom stereocenters. The van der Waals surface area contributed by atoms with Gasteiger partial charge in [0.1, 0.15) is 11.6 Å². The number of carboxylic acid groups (broad SMARTS) is 1. The number of rotatable bonds is 13. The number of carboxylic acids is 1. The van der Waals surface area contributed by atoms with Crippen molar-refractivity contribution in [3.8, 4) is 0 Å². The monoisotopic (exact) mass is 508 g/mol. The molecular formula is C31H41FN2O3. The Kier molecular flexibility index (Phi) is 8.13. The molecule has 0 amide bonds. The molecule has 1 aromatic heterocycles. The number of anilines is 1. The Morgan fingerprint density at radius 3 is 2.84 bits per heavy atom. The quantitative estimate of drug-likeness (QED) is 0.292. The van der Waals surface area contributed by atoms with E-state index in [2.05, 4.69) is 17.4 Å². The molecule has 200 valence electrons. The molecule has 2 heterocycles. The molecule has 0 bridgehead atoms. The number of benzene rings is 1. The van der Waals surface area contributed by atoms with Crippen molar-refractivity contribution >= 4 is 11.8 Å². The molecular weight excluding hydrogens is 467 g/mol. The molecule has 5 nitrogen and oxygen atoms in total. The standard InChI is InChI=1S/C31H41FN2O3/c1-31(15-16-31)28-25(9-5-10-27(28)32)26(30(35)36)14-11-21-19-24(20-21)37-18-4-2-3-8-23-13-12-22-7-6-17-33-29(22)34-23/h5,9-10,12-13,21,24,26H,2-4,6-8,11,14-20H2,1H3,(H,33,34)(H,35,36). The van der Waals surface area contributed by atoms with Crippen molar-refractivity contribution in [1.29, 1.82) is 0 Å². The van der Waals surface area contributed by atoms with Gasteiger partial charge in [0.15, 0.2) is 0 Å². The van der Waals surface area contributed by atoms with Crippen LogP contribution in [0.25, 0.3) is 0 Å². The number of aromatic nitrogens is 1. The van der Waals surface area contributed by atoms with E-state index in [4.69, 9.17) is 9.72 Å². The molecule has 2 saturated carbocycles. The lowest BCUT2D eigenvalue weighted by Gasteiger charge is -2.36. The Morgan fingerprint density at radius 2 is 2.05 bits per heavy atom. The summed E-state index contributed by atoms with van der Waals surface area (Å²) in [6, 6.07) is 9.35. The normalized spacial score (nSPS) is 22.4. The number of pyridine rings is 1. The van der Waals surface area contributed by atoms with E-state index in [-0.39, 0.29) is 11.2 Å². The zero-order chi connectivity index (χ0) is 25.8. The van der Waals surface area contributed by atoms with Crippen LogP contribution in [-0.4, -0.2) is 35.3 Å². The van der Waals surface area contributed by atoms with Crippen LogP contribution in [0.1, 0.15) is 99.4 Å². The lowest BCUT2D eigenvalue weighted by Crippen LogP contribution is -2.32. The lowest BCUT2D eigenvalue weighted by atomic mass is 9.76. The van der Waals surface area contributed by atoms with Gasteiger partial charge in [-0.05, 0) is 111 Å². The zero-order valence-electron chi connectivity index (χ0n) is 22.1. The van der Waals surface area contributed by atoms with Crippen molar-refractivity contribution in [2.45, 2.75) is 101 Å². The molecule has 0 spiro atoms. The molecule has 3 aliphatic rings. The Labute approximate surface area is 220 Å². The molecule has 0 saturated heterocycles. The van der Waals surface area contributed by atoms with Gasteiger partial charge in [-0.15, -0.1) is 0 Å². The van der Waals surface area contributed by atoms with E-state index in [1.807, 2.05) is 13.0 Å². The molecule has 2 aliphatic carbocycles. The highest BCUT2D eigenvalue weighted by Crippen LogP contribution is 2.51. The predicted molar refractivity (Wildman–Crippen MR) is 144 cm³/mol. The highest BCUT2D eigenvalue weighted by molar-refractivity contribution is 5.77. The molecule has 5 rings (SSSR count). The van der Waals surface area contributed by atoms with Crippen LogP contribution in [0.4, 0.5) is 10.2 Å². The van der Waals surface area contributed by atoms with Gasteiger partial charge in [-0.3, -0.25) is 4.79 Å². The van der Waals surface area contributed by atoms with Gasteiger partial charge in [-0.25, -0.2) is 9.37 Å². The third kappa shape index (κ3) is 6.34. The van der Waals surface area contributed by atoms with Gasteiger partial charge < -0.3 is 15.2 Å². The predicted octanol–water partition coefficient (Wildman–Crippen LogP) is 6.79. The number of aryl methyl sites for hydroxylation is 2. The minimum absolute atomic E-state index is 0.196. The van der Waals surface area contributed by atoms with Crippen molar-refractivity contribution in [2.24, 2.45) is 5.92 Å². The molecule has 2 fully saturated rings. The minimum Gasteiger partial charge on any atom is -0.481 e. The van der Waals surface area contributed by atoms with Gasteiger partial charge >= 0.3 is 5.97 Å². The van der Waals surface area contributed by atoms with Gasteiger partial charge in [0.05, 0.1) is 12.0 Å². The van der Waals surface area contributed by atoms with Crippen molar-refractivity contribution in [1.82, 2.24) is 4.98 Å². The third-order valence-corrected chi connectivity index (χ3v) is 8.76. The Morgan fingerprint density at radius 1 is 1.22 bits per heavy atom. The molecule has 0 radical (unpaired) electrons. The first kappa shape index (κ1) is 26.1. The summed E-state index contributed by atoms with van der Waals surface area (Å²) in [6.07, 6.45) is 12.2. The van der Waals surface area contributed by atoms with Crippen LogP contribution < -0.4 is 5.32 Å². The summed E-state index contributed by atoms with van der Waals surface area (Å²) in [5.41, 5.74) is 3.63. The summed E-state index contributed by atoms with van der Waals surface area (Å²) in [4.78, 5) is 16.9. The van der Waals surface area contributed by atoms with Crippen molar-refractivity contribution in [3.05, 3.63) is 58.5 Å². The minimum atomic E-state index is -0.843. The number of nitrogens with one attached hydrogen (secondary N) is 1. The maximum Gasteiger partial charge on any atom is 0.310 e. The highest BCUT2D eigenvalue weighted by Gasteiger charge is 2.44. The second kappa shape index (κ2) is 11.5. The van der Waals surface area contributed by atoms with Crippen molar-refractivity contribution in [3.63, 3.8) is 0 Å². The first-order valence-corrected chi connectivity index (χ1v) is 14.3. The van der Waals surface area contributed by atoms with E-state index in [0.29, 0.717) is 29.6 Å². The summed E-state index contributed by atoms with van der Waals surface area (Å²) >= 11 is 0. The molecule has 1 atom stereocenters. The van der Waals surface area contributed by atoms with Gasteiger partial charge in [0.25, 0.3) is 0 Å². The van der Waals surface area contributed by atoms with Gasteiger partial charge in [-0.1, -0.05) is 31.5 Å². The number of fused-ring (bicyclic) bond motifs is 1. The second-order valence-corrected chi connectivity index (χ2v) is 11.7. The van der Waals surface area contributed by atoms with Crippen molar-refractivity contribution < 1.29 is 19.0 Å². The van der Waals surface area contributed by atoms with E-state index >= 15 is 0 Å². The van der Waals surface area contributed by atoms with Crippen molar-refractivity contribution in [2.75, 3.05) is 18.5 Å². The first-order valence-electron chi connectivity index (χ1n) is 14.3. The molecule has 1 aliphatic heterocycles. The Balaban J connectivity index is 0.985. The second-order valence-electron chi connectivity index (χ2n) is 11.7. The van der Waals surface area contributed by atoms with Crippen LogP contribution in [0.15, 0.2) is 30.3 Å². The summed E-state index contributed by atoms with van der Waals surface area (Å²) in [5, 5.41) is 13.4. The average Bonchev–Trinajstić information content (AvgIpc) is 3.61. The van der Waals surface area contributed by atoms with E-state index in [1.54, 1.807) is 6.07 Å². The van der Waals surface area contributed by atoms with Crippen LogP contribution in [-0.2, 0) is 27.8 Å². The van der Waals surface area contributed by atoms with Crippen LogP contribution in [0.3, 0.4) is 0 Å². The summed E-state index contributed by atoms with van der Waals surface area (Å²) in [5.74, 6) is -0.149. The lowest BCUT2D eigenvalue weighted by molar-refractivity contribution is -0.139. The zero-order valence-corrected chi connectivity index (χ0v) is 22.1. The van der Waals surface area contributed by atoms with Crippen LogP contribution in [0.2, 0.25) is 0 Å². The number of halogens is 1. The van der Waals surface area contributed by atoms with E-state index < -0.39 is 11.9 Å². The molecule has 37 heavy (non-hydrogen) atoms. The largest absolute Gasteiger partial charge is 0.481 e. The number of unbranched alkanes of at least 4 members (excludes halogenated alkanes) is 2. The molecule has 2 aromatic rings. The fourth-order valence-electron chi connectivity index (χ4n) is 6.11. The van der Waals surface area contributed by atoms with E-state index in [9.17, 15) is 14.3 Å². The maximum atomic E-state index is 14.7. The molecule has 6 heteroatoms. The number of aliphatic carboxylic acids is 1. The van der Waals surface area contributed by atoms with Gasteiger partial charge in [0, 0.05) is 18.8 Å². The smallest absolute Gasteiger partial charge is 0.310 e. The Bertz CT molecular complexity index is 1090. The van der Waals surface area contributed by atoms with E-state index in [0.717, 1.165) is 83.2 Å². The SMILES string of the molecule is CC1(c2c(F)cccc2C(CCC2CC(OCCCCCc3ccc4c(n3)NCCC4)C2)C(=O)O)CC1. The fourth-order valence-corrected chi connectivity index (χ4v) is 6.11. The maximum absolute atomic E-state index is 14.7. The molecule has 2 N–H and O–H groups in total. The number of nitrogens with zero attached hydrogens (tertiary/aromatic N) is 1. The highest BCUT2D eigenvalue weighted by atomic mass is 19.1. The number of carbonyl (C=O) groups is 1.